The number of rotatable bonds is 12. The molecular weight excluding hydrogens is 236 g/mol. The molecule has 0 heterocycles. The number of allylic oxidation sites excluding steroid dienone is 2. The summed E-state index contributed by atoms with van der Waals surface area (Å²) in [6.07, 6.45) is 10.1. The van der Waals surface area contributed by atoms with E-state index in [4.69, 9.17) is 4.74 Å². The number of unbranched alkanes of at least 4 members (excludes halogenated alkanes) is 2. The van der Waals surface area contributed by atoms with Gasteiger partial charge in [0.25, 0.3) is 0 Å². The first-order valence-corrected chi connectivity index (χ1v) is 7.53. The molecule has 2 nitrogen and oxygen atoms in total. The average molecular weight is 266 g/mol. The van der Waals surface area contributed by atoms with Crippen LogP contribution in [-0.4, -0.2) is 12.6 Å². The lowest BCUT2D eigenvalue weighted by atomic mass is 9.91. The molecule has 0 spiro atoms. The fourth-order valence-corrected chi connectivity index (χ4v) is 2.09. The van der Waals surface area contributed by atoms with Crippen molar-refractivity contribution in [1.29, 1.82) is 0 Å². The zero-order valence-corrected chi connectivity index (χ0v) is 12.7. The Hall–Kier alpha value is -1.05. The molecule has 0 rings (SSSR count). The van der Waals surface area contributed by atoms with Crippen molar-refractivity contribution in [1.82, 2.24) is 0 Å². The summed E-state index contributed by atoms with van der Waals surface area (Å²) in [5.41, 5.74) is 1.27. The van der Waals surface area contributed by atoms with E-state index >= 15 is 0 Å². The van der Waals surface area contributed by atoms with Gasteiger partial charge in [-0.15, -0.1) is 6.58 Å². The molecular formula is C17H30O2. The summed E-state index contributed by atoms with van der Waals surface area (Å²) >= 11 is 0. The van der Waals surface area contributed by atoms with Crippen LogP contribution in [0.4, 0.5) is 0 Å². The summed E-state index contributed by atoms with van der Waals surface area (Å²) in [7, 11) is 0. The number of ether oxygens (including phenoxy) is 1. The highest BCUT2D eigenvalue weighted by Gasteiger charge is 2.08. The van der Waals surface area contributed by atoms with Crippen molar-refractivity contribution in [3.05, 3.63) is 24.8 Å². The van der Waals surface area contributed by atoms with Crippen LogP contribution in [0.15, 0.2) is 24.8 Å². The van der Waals surface area contributed by atoms with Crippen molar-refractivity contribution in [3.8, 4) is 0 Å². The first-order chi connectivity index (χ1) is 9.11. The van der Waals surface area contributed by atoms with Gasteiger partial charge in [-0.1, -0.05) is 38.0 Å². The molecule has 0 aromatic carbocycles. The van der Waals surface area contributed by atoms with Crippen molar-refractivity contribution in [2.24, 2.45) is 5.92 Å². The zero-order valence-electron chi connectivity index (χ0n) is 12.7. The molecule has 0 aromatic rings. The van der Waals surface area contributed by atoms with E-state index in [2.05, 4.69) is 20.1 Å². The van der Waals surface area contributed by atoms with E-state index < -0.39 is 0 Å². The summed E-state index contributed by atoms with van der Waals surface area (Å²) in [5.74, 6) is 0.550. The fourth-order valence-electron chi connectivity index (χ4n) is 2.09. The average Bonchev–Trinajstić information content (AvgIpc) is 2.36. The smallest absolute Gasteiger partial charge is 0.305 e. The first-order valence-electron chi connectivity index (χ1n) is 7.53. The predicted molar refractivity (Wildman–Crippen MR) is 82.1 cm³/mol. The van der Waals surface area contributed by atoms with Crippen LogP contribution in [0.2, 0.25) is 0 Å². The number of carbonyl (C=O) groups is 1. The molecule has 0 N–H and O–H groups in total. The normalized spacial score (nSPS) is 11.9. The third-order valence-electron chi connectivity index (χ3n) is 3.33. The molecule has 0 amide bonds. The van der Waals surface area contributed by atoms with Crippen molar-refractivity contribution in [3.63, 3.8) is 0 Å². The lowest BCUT2D eigenvalue weighted by molar-refractivity contribution is -0.143. The maximum Gasteiger partial charge on any atom is 0.305 e. The van der Waals surface area contributed by atoms with E-state index in [0.717, 1.165) is 32.1 Å². The van der Waals surface area contributed by atoms with E-state index in [1.807, 2.05) is 13.0 Å². The van der Waals surface area contributed by atoms with Gasteiger partial charge in [-0.25, -0.2) is 0 Å². The van der Waals surface area contributed by atoms with E-state index in [0.29, 0.717) is 18.9 Å². The van der Waals surface area contributed by atoms with Gasteiger partial charge in [0.05, 0.1) is 6.61 Å². The molecule has 1 atom stereocenters. The minimum absolute atomic E-state index is 0.0618. The van der Waals surface area contributed by atoms with E-state index in [9.17, 15) is 4.79 Å². The lowest BCUT2D eigenvalue weighted by Gasteiger charge is -2.15. The molecule has 0 aliphatic rings. The quantitative estimate of drug-likeness (QED) is 0.281. The molecule has 0 bridgehead atoms. The van der Waals surface area contributed by atoms with Gasteiger partial charge >= 0.3 is 5.97 Å². The Morgan fingerprint density at radius 3 is 2.58 bits per heavy atom. The molecule has 0 saturated heterocycles. The monoisotopic (exact) mass is 266 g/mol. The van der Waals surface area contributed by atoms with Crippen LogP contribution < -0.4 is 0 Å². The van der Waals surface area contributed by atoms with Crippen LogP contribution in [-0.2, 0) is 9.53 Å². The maximum atomic E-state index is 11.1. The Morgan fingerprint density at radius 2 is 2.00 bits per heavy atom. The van der Waals surface area contributed by atoms with Crippen molar-refractivity contribution in [2.45, 2.75) is 65.2 Å². The second-order valence-corrected chi connectivity index (χ2v) is 5.23. The second-order valence-electron chi connectivity index (χ2n) is 5.23. The highest BCUT2D eigenvalue weighted by atomic mass is 16.5. The van der Waals surface area contributed by atoms with Crippen LogP contribution in [0.25, 0.3) is 0 Å². The van der Waals surface area contributed by atoms with Crippen LogP contribution in [0.1, 0.15) is 65.2 Å². The fraction of sp³-hybridized carbons (Fsp3) is 0.706. The zero-order chi connectivity index (χ0) is 14.5. The third-order valence-corrected chi connectivity index (χ3v) is 3.33. The summed E-state index contributed by atoms with van der Waals surface area (Å²) in [4.78, 5) is 11.1. The Balaban J connectivity index is 3.57. The maximum absolute atomic E-state index is 11.1. The summed E-state index contributed by atoms with van der Waals surface area (Å²) < 4.78 is 5.13. The molecule has 0 fully saturated rings. The van der Waals surface area contributed by atoms with Crippen LogP contribution in [0.3, 0.4) is 0 Å². The van der Waals surface area contributed by atoms with Crippen LogP contribution >= 0.6 is 0 Å². The minimum atomic E-state index is -0.0618. The van der Waals surface area contributed by atoms with E-state index in [1.54, 1.807) is 0 Å². The second kappa shape index (κ2) is 12.0. The van der Waals surface area contributed by atoms with E-state index in [1.165, 1.54) is 18.4 Å². The SMILES string of the molecule is C=CCCC(CCCCCOC(=O)CCC)C(=C)C. The molecule has 0 aliphatic heterocycles. The van der Waals surface area contributed by atoms with Gasteiger partial charge in [-0.3, -0.25) is 4.79 Å². The van der Waals surface area contributed by atoms with Gasteiger partial charge in [0.15, 0.2) is 0 Å². The Kier molecular flexibility index (Phi) is 11.3. The number of esters is 1. The summed E-state index contributed by atoms with van der Waals surface area (Å²) in [6, 6.07) is 0. The molecule has 1 unspecified atom stereocenters. The predicted octanol–water partition coefficient (Wildman–Crippen LogP) is 5.05. The lowest BCUT2D eigenvalue weighted by Crippen LogP contribution is -2.05. The van der Waals surface area contributed by atoms with Crippen LogP contribution in [0, 0.1) is 5.92 Å². The third kappa shape index (κ3) is 10.5. The summed E-state index contributed by atoms with van der Waals surface area (Å²) in [6.45, 7) is 12.5. The Labute approximate surface area is 118 Å². The first kappa shape index (κ1) is 17.9. The van der Waals surface area contributed by atoms with Crippen molar-refractivity contribution >= 4 is 5.97 Å². The standard InChI is InChI=1S/C17H30O2/c1-5-7-12-16(15(3)4)13-9-8-10-14-19-17(18)11-6-2/h5,16H,1,3,6-14H2,2,4H3. The number of hydrogen-bond acceptors (Lipinski definition) is 2. The largest absolute Gasteiger partial charge is 0.466 e. The van der Waals surface area contributed by atoms with Gasteiger partial charge in [-0.2, -0.15) is 0 Å². The van der Waals surface area contributed by atoms with E-state index in [-0.39, 0.29) is 5.97 Å². The van der Waals surface area contributed by atoms with Gasteiger partial charge in [0.1, 0.15) is 0 Å². The Morgan fingerprint density at radius 1 is 1.26 bits per heavy atom. The highest BCUT2D eigenvalue weighted by molar-refractivity contribution is 5.69. The Bertz CT molecular complexity index is 268. The topological polar surface area (TPSA) is 26.3 Å². The molecule has 0 aromatic heterocycles. The molecule has 0 saturated carbocycles. The van der Waals surface area contributed by atoms with Gasteiger partial charge < -0.3 is 4.74 Å². The highest BCUT2D eigenvalue weighted by Crippen LogP contribution is 2.22. The van der Waals surface area contributed by atoms with Gasteiger partial charge in [0.2, 0.25) is 0 Å². The molecule has 0 aliphatic carbocycles. The van der Waals surface area contributed by atoms with Crippen molar-refractivity contribution < 1.29 is 9.53 Å². The van der Waals surface area contributed by atoms with Gasteiger partial charge in [-0.05, 0) is 44.9 Å². The van der Waals surface area contributed by atoms with Crippen molar-refractivity contribution in [2.75, 3.05) is 6.61 Å². The molecule has 2 heteroatoms. The van der Waals surface area contributed by atoms with Crippen LogP contribution in [0.5, 0.6) is 0 Å². The number of hydrogen-bond donors (Lipinski definition) is 0. The van der Waals surface area contributed by atoms with Gasteiger partial charge in [0, 0.05) is 6.42 Å². The molecule has 110 valence electrons. The molecule has 19 heavy (non-hydrogen) atoms. The number of carbonyl (C=O) groups excluding carboxylic acids is 1. The molecule has 0 radical (unpaired) electrons. The summed E-state index contributed by atoms with van der Waals surface area (Å²) in [5, 5.41) is 0. The minimum Gasteiger partial charge on any atom is -0.466 e.